The van der Waals surface area contributed by atoms with E-state index in [2.05, 4.69) is 22.1 Å². The zero-order valence-corrected chi connectivity index (χ0v) is 12.6. The molecule has 21 heavy (non-hydrogen) atoms. The predicted molar refractivity (Wildman–Crippen MR) is 80.3 cm³/mol. The van der Waals surface area contributed by atoms with Gasteiger partial charge in [-0.2, -0.15) is 0 Å². The Labute approximate surface area is 126 Å². The van der Waals surface area contributed by atoms with Crippen LogP contribution in [0.4, 0.5) is 8.78 Å². The maximum Gasteiger partial charge on any atom is 0.168 e. The van der Waals surface area contributed by atoms with Crippen LogP contribution in [0.25, 0.3) is 11.3 Å². The van der Waals surface area contributed by atoms with Crippen molar-refractivity contribution in [1.82, 2.24) is 15.2 Å². The molecule has 6 heteroatoms. The van der Waals surface area contributed by atoms with E-state index in [9.17, 15) is 8.78 Å². The van der Waals surface area contributed by atoms with Crippen LogP contribution in [-0.2, 0) is 0 Å². The first kappa shape index (κ1) is 14.6. The third kappa shape index (κ3) is 2.97. The van der Waals surface area contributed by atoms with E-state index in [-0.39, 0.29) is 11.6 Å². The first-order valence-electron chi connectivity index (χ1n) is 7.01. The summed E-state index contributed by atoms with van der Waals surface area (Å²) in [6.45, 7) is 6.01. The molecule has 0 amide bonds. The quantitative estimate of drug-likeness (QED) is 0.944. The van der Waals surface area contributed by atoms with E-state index < -0.39 is 11.6 Å². The summed E-state index contributed by atoms with van der Waals surface area (Å²) in [5.74, 6) is -1.67. The van der Waals surface area contributed by atoms with Crippen molar-refractivity contribution in [3.63, 3.8) is 0 Å². The number of nitrogens with one attached hydrogen (secondary N) is 1. The Kier molecular flexibility index (Phi) is 4.28. The van der Waals surface area contributed by atoms with Crippen molar-refractivity contribution < 1.29 is 8.78 Å². The van der Waals surface area contributed by atoms with E-state index in [4.69, 9.17) is 0 Å². The van der Waals surface area contributed by atoms with Crippen molar-refractivity contribution in [1.29, 1.82) is 0 Å². The van der Waals surface area contributed by atoms with Gasteiger partial charge in [0.15, 0.2) is 11.6 Å². The first-order chi connectivity index (χ1) is 10.2. The third-order valence-corrected chi connectivity index (χ3v) is 4.82. The summed E-state index contributed by atoms with van der Waals surface area (Å²) in [6, 6.07) is 4.39. The number of benzene rings is 1. The highest BCUT2D eigenvalue weighted by Crippen LogP contribution is 2.30. The molecule has 1 N–H and O–H groups in total. The Hall–Kier alpha value is -1.37. The molecule has 0 aliphatic carbocycles. The molecule has 0 saturated carbocycles. The molecular weight excluding hydrogens is 292 g/mol. The van der Waals surface area contributed by atoms with Crippen molar-refractivity contribution >= 4 is 11.3 Å². The van der Waals surface area contributed by atoms with Gasteiger partial charge in [-0.05, 0) is 19.1 Å². The zero-order chi connectivity index (χ0) is 14.8. The van der Waals surface area contributed by atoms with Gasteiger partial charge in [-0.1, -0.05) is 6.07 Å². The van der Waals surface area contributed by atoms with Crippen LogP contribution in [0.2, 0.25) is 0 Å². The molecule has 1 unspecified atom stereocenters. The van der Waals surface area contributed by atoms with E-state index in [1.807, 2.05) is 0 Å². The predicted octanol–water partition coefficient (Wildman–Crippen LogP) is 3.05. The minimum Gasteiger partial charge on any atom is -0.314 e. The van der Waals surface area contributed by atoms with Gasteiger partial charge in [0, 0.05) is 37.1 Å². The number of piperazine rings is 1. The van der Waals surface area contributed by atoms with Gasteiger partial charge >= 0.3 is 0 Å². The van der Waals surface area contributed by atoms with E-state index in [0.29, 0.717) is 5.69 Å². The van der Waals surface area contributed by atoms with Gasteiger partial charge in [-0.15, -0.1) is 11.3 Å². The fourth-order valence-corrected chi connectivity index (χ4v) is 3.44. The Balaban J connectivity index is 1.84. The van der Waals surface area contributed by atoms with Crippen LogP contribution in [0.15, 0.2) is 23.6 Å². The Bertz CT molecular complexity index is 623. The molecule has 3 nitrogen and oxygen atoms in total. The summed E-state index contributed by atoms with van der Waals surface area (Å²) >= 11 is 1.50. The van der Waals surface area contributed by atoms with Crippen molar-refractivity contribution in [2.24, 2.45) is 0 Å². The van der Waals surface area contributed by atoms with Crippen LogP contribution < -0.4 is 5.32 Å². The molecule has 1 aliphatic rings. The zero-order valence-electron chi connectivity index (χ0n) is 11.8. The standard InChI is InChI=1S/C15H17F2N3S/c1-10(20-7-5-18-6-8-20)15-19-13(9-21-15)11-3-2-4-12(16)14(11)17/h2-4,9-10,18H,5-8H2,1H3. The van der Waals surface area contributed by atoms with Gasteiger partial charge in [-0.25, -0.2) is 13.8 Å². The minimum absolute atomic E-state index is 0.197. The number of hydrogen-bond donors (Lipinski definition) is 1. The number of nitrogens with zero attached hydrogens (tertiary/aromatic N) is 2. The lowest BCUT2D eigenvalue weighted by molar-refractivity contribution is 0.185. The van der Waals surface area contributed by atoms with Crippen LogP contribution in [0.1, 0.15) is 18.0 Å². The summed E-state index contributed by atoms with van der Waals surface area (Å²) in [5.41, 5.74) is 0.735. The normalized spacial score (nSPS) is 17.9. The first-order valence-corrected chi connectivity index (χ1v) is 7.89. The average molecular weight is 309 g/mol. The number of hydrogen-bond acceptors (Lipinski definition) is 4. The average Bonchev–Trinajstić information content (AvgIpc) is 3.00. The SMILES string of the molecule is CC(c1nc(-c2cccc(F)c2F)cs1)N1CCNCC1. The molecule has 1 atom stereocenters. The van der Waals surface area contributed by atoms with E-state index >= 15 is 0 Å². The molecule has 1 fully saturated rings. The van der Waals surface area contributed by atoms with Crippen LogP contribution in [0, 0.1) is 11.6 Å². The number of thiazole rings is 1. The Morgan fingerprint density at radius 1 is 1.29 bits per heavy atom. The molecule has 0 bridgehead atoms. The van der Waals surface area contributed by atoms with Gasteiger partial charge in [-0.3, -0.25) is 4.90 Å². The van der Waals surface area contributed by atoms with Crippen molar-refractivity contribution in [3.8, 4) is 11.3 Å². The lowest BCUT2D eigenvalue weighted by Gasteiger charge is -2.31. The third-order valence-electron chi connectivity index (χ3n) is 3.81. The lowest BCUT2D eigenvalue weighted by Crippen LogP contribution is -2.44. The fourth-order valence-electron chi connectivity index (χ4n) is 2.53. The molecule has 1 saturated heterocycles. The van der Waals surface area contributed by atoms with Gasteiger partial charge in [0.05, 0.1) is 11.7 Å². The Morgan fingerprint density at radius 3 is 2.81 bits per heavy atom. The van der Waals surface area contributed by atoms with E-state index in [1.165, 1.54) is 17.4 Å². The van der Waals surface area contributed by atoms with Gasteiger partial charge in [0.25, 0.3) is 0 Å². The molecule has 3 rings (SSSR count). The molecule has 0 spiro atoms. The van der Waals surface area contributed by atoms with Gasteiger partial charge < -0.3 is 5.32 Å². The summed E-state index contributed by atoms with van der Waals surface area (Å²) in [6.07, 6.45) is 0. The number of rotatable bonds is 3. The van der Waals surface area contributed by atoms with Crippen molar-refractivity contribution in [2.45, 2.75) is 13.0 Å². The van der Waals surface area contributed by atoms with E-state index in [0.717, 1.165) is 37.3 Å². The maximum atomic E-state index is 13.8. The molecular formula is C15H17F2N3S. The highest BCUT2D eigenvalue weighted by Gasteiger charge is 2.21. The highest BCUT2D eigenvalue weighted by atomic mass is 32.1. The van der Waals surface area contributed by atoms with Crippen LogP contribution in [-0.4, -0.2) is 36.1 Å². The van der Waals surface area contributed by atoms with Crippen LogP contribution in [0.3, 0.4) is 0 Å². The molecule has 2 heterocycles. The molecule has 0 radical (unpaired) electrons. The molecule has 1 aromatic carbocycles. The highest BCUT2D eigenvalue weighted by molar-refractivity contribution is 7.10. The second-order valence-corrected chi connectivity index (χ2v) is 6.02. The molecule has 1 aromatic heterocycles. The summed E-state index contributed by atoms with van der Waals surface area (Å²) in [5, 5.41) is 6.05. The maximum absolute atomic E-state index is 13.8. The molecule has 112 valence electrons. The van der Waals surface area contributed by atoms with Crippen molar-refractivity contribution in [2.75, 3.05) is 26.2 Å². The second kappa shape index (κ2) is 6.17. The minimum atomic E-state index is -0.836. The van der Waals surface area contributed by atoms with Gasteiger partial charge in [0.1, 0.15) is 5.01 Å². The monoisotopic (exact) mass is 309 g/mol. The molecule has 1 aliphatic heterocycles. The number of halogens is 2. The fraction of sp³-hybridized carbons (Fsp3) is 0.400. The van der Waals surface area contributed by atoms with E-state index in [1.54, 1.807) is 11.4 Å². The van der Waals surface area contributed by atoms with Crippen molar-refractivity contribution in [3.05, 3.63) is 40.2 Å². The smallest absolute Gasteiger partial charge is 0.168 e. The number of aromatic nitrogens is 1. The Morgan fingerprint density at radius 2 is 2.05 bits per heavy atom. The second-order valence-electron chi connectivity index (χ2n) is 5.13. The summed E-state index contributed by atoms with van der Waals surface area (Å²) in [7, 11) is 0. The van der Waals surface area contributed by atoms with Gasteiger partial charge in [0.2, 0.25) is 0 Å². The lowest BCUT2D eigenvalue weighted by atomic mass is 10.1. The summed E-state index contributed by atoms with van der Waals surface area (Å²) < 4.78 is 27.1. The van der Waals surface area contributed by atoms with Crippen LogP contribution >= 0.6 is 11.3 Å². The van der Waals surface area contributed by atoms with Crippen LogP contribution in [0.5, 0.6) is 0 Å². The topological polar surface area (TPSA) is 28.2 Å². The molecule has 2 aromatic rings. The summed E-state index contributed by atoms with van der Waals surface area (Å²) in [4.78, 5) is 6.86. The largest absolute Gasteiger partial charge is 0.314 e.